The topological polar surface area (TPSA) is 88.0 Å². The second kappa shape index (κ2) is 2.29. The lowest BCUT2D eigenvalue weighted by molar-refractivity contribution is 0.888. The molecule has 0 saturated carbocycles. The molecule has 0 amide bonds. The number of H-pyrrole nitrogens is 1. The molecule has 7 nitrogen and oxygen atoms in total. The zero-order valence-electron chi connectivity index (χ0n) is 6.27. The number of aromatic nitrogens is 5. The van der Waals surface area contributed by atoms with Crippen molar-refractivity contribution in [2.24, 2.45) is 0 Å². The van der Waals surface area contributed by atoms with Crippen molar-refractivity contribution in [3.63, 3.8) is 0 Å². The summed E-state index contributed by atoms with van der Waals surface area (Å²) in [6.07, 6.45) is 1.16. The van der Waals surface area contributed by atoms with E-state index in [2.05, 4.69) is 25.6 Å². The van der Waals surface area contributed by atoms with Crippen LogP contribution in [0.4, 0.5) is 5.95 Å². The summed E-state index contributed by atoms with van der Waals surface area (Å²) in [6, 6.07) is 0. The van der Waals surface area contributed by atoms with Gasteiger partial charge in [-0.15, -0.1) is 10.2 Å². The van der Waals surface area contributed by atoms with E-state index in [1.807, 2.05) is 0 Å². The Kier molecular flexibility index (Phi) is 1.29. The minimum atomic E-state index is -0.294. The van der Waals surface area contributed by atoms with Crippen molar-refractivity contribution in [1.82, 2.24) is 24.8 Å². The molecule has 0 radical (unpaired) electrons. The summed E-state index contributed by atoms with van der Waals surface area (Å²) in [5, 5.41) is 14.0. The number of fused-ring (bicyclic) bond motifs is 1. The molecule has 2 aromatic heterocycles. The van der Waals surface area contributed by atoms with Gasteiger partial charge in [0.15, 0.2) is 0 Å². The Morgan fingerprint density at radius 3 is 3.17 bits per heavy atom. The van der Waals surface area contributed by atoms with E-state index >= 15 is 0 Å². The van der Waals surface area contributed by atoms with Gasteiger partial charge in [0.2, 0.25) is 5.95 Å². The first kappa shape index (κ1) is 6.77. The molecule has 0 aliphatic rings. The molecule has 62 valence electrons. The van der Waals surface area contributed by atoms with Crippen LogP contribution in [0.5, 0.6) is 0 Å². The van der Waals surface area contributed by atoms with E-state index in [1.54, 1.807) is 7.05 Å². The normalized spacial score (nSPS) is 10.4. The fourth-order valence-electron chi connectivity index (χ4n) is 0.876. The maximum atomic E-state index is 10.8. The summed E-state index contributed by atoms with van der Waals surface area (Å²) in [5.74, 6) is 0.813. The standard InChI is InChI=1S/C5H6N6O/c1-6-4-9-10-5-8-3(12)2-7-11(4)5/h2H,1H3,(H,6,9)(H,8,10,12). The lowest BCUT2D eigenvalue weighted by Crippen LogP contribution is -2.10. The van der Waals surface area contributed by atoms with Crippen LogP contribution in [0.2, 0.25) is 0 Å². The van der Waals surface area contributed by atoms with Crippen molar-refractivity contribution < 1.29 is 0 Å². The smallest absolute Gasteiger partial charge is 0.271 e. The van der Waals surface area contributed by atoms with Gasteiger partial charge in [-0.25, -0.2) is 0 Å². The molecule has 7 heteroatoms. The van der Waals surface area contributed by atoms with Gasteiger partial charge in [0.1, 0.15) is 6.20 Å². The number of nitrogens with one attached hydrogen (secondary N) is 2. The Labute approximate surface area is 66.4 Å². The molecule has 0 saturated heterocycles. The van der Waals surface area contributed by atoms with Crippen LogP contribution in [0.15, 0.2) is 11.0 Å². The molecular formula is C5H6N6O. The van der Waals surface area contributed by atoms with E-state index in [4.69, 9.17) is 0 Å². The Balaban J connectivity index is 2.81. The minimum Gasteiger partial charge on any atom is -0.356 e. The largest absolute Gasteiger partial charge is 0.356 e. The van der Waals surface area contributed by atoms with Crippen LogP contribution in [-0.2, 0) is 0 Å². The Morgan fingerprint density at radius 2 is 2.42 bits per heavy atom. The van der Waals surface area contributed by atoms with Crippen LogP contribution < -0.4 is 10.9 Å². The summed E-state index contributed by atoms with van der Waals surface area (Å²) in [6.45, 7) is 0. The van der Waals surface area contributed by atoms with E-state index in [0.29, 0.717) is 11.7 Å². The van der Waals surface area contributed by atoms with Gasteiger partial charge in [-0.05, 0) is 0 Å². The first-order valence-corrected chi connectivity index (χ1v) is 3.30. The number of rotatable bonds is 1. The van der Waals surface area contributed by atoms with Gasteiger partial charge >= 0.3 is 0 Å². The molecule has 0 aromatic carbocycles. The van der Waals surface area contributed by atoms with Crippen LogP contribution >= 0.6 is 0 Å². The van der Waals surface area contributed by atoms with Crippen LogP contribution in [0.25, 0.3) is 5.78 Å². The molecule has 0 aliphatic heterocycles. The van der Waals surface area contributed by atoms with Crippen molar-refractivity contribution in [2.45, 2.75) is 0 Å². The summed E-state index contributed by atoms with van der Waals surface area (Å²) >= 11 is 0. The SMILES string of the molecule is CNc1nnc2[nH]c(=O)cnn12. The van der Waals surface area contributed by atoms with Crippen LogP contribution in [-0.4, -0.2) is 31.8 Å². The van der Waals surface area contributed by atoms with Crippen molar-refractivity contribution in [2.75, 3.05) is 12.4 Å². The second-order valence-corrected chi connectivity index (χ2v) is 2.14. The van der Waals surface area contributed by atoms with Gasteiger partial charge in [0.25, 0.3) is 11.3 Å². The lowest BCUT2D eigenvalue weighted by atomic mass is 10.8. The van der Waals surface area contributed by atoms with E-state index in [-0.39, 0.29) is 5.56 Å². The lowest BCUT2D eigenvalue weighted by Gasteiger charge is -1.93. The number of hydrogen-bond acceptors (Lipinski definition) is 5. The molecule has 2 aromatic rings. The fraction of sp³-hybridized carbons (Fsp3) is 0.200. The molecule has 2 rings (SSSR count). The summed E-state index contributed by atoms with van der Waals surface area (Å²) < 4.78 is 1.40. The molecule has 0 spiro atoms. The second-order valence-electron chi connectivity index (χ2n) is 2.14. The molecule has 12 heavy (non-hydrogen) atoms. The predicted octanol–water partition coefficient (Wildman–Crippen LogP) is -1.15. The third-order valence-electron chi connectivity index (χ3n) is 1.39. The van der Waals surface area contributed by atoms with Crippen molar-refractivity contribution in [3.05, 3.63) is 16.6 Å². The quantitative estimate of drug-likeness (QED) is 0.558. The highest BCUT2D eigenvalue weighted by atomic mass is 16.1. The van der Waals surface area contributed by atoms with Crippen molar-refractivity contribution in [3.8, 4) is 0 Å². The molecule has 2 heterocycles. The van der Waals surface area contributed by atoms with Crippen LogP contribution in [0.3, 0.4) is 0 Å². The number of nitrogens with zero attached hydrogens (tertiary/aromatic N) is 4. The van der Waals surface area contributed by atoms with Gasteiger partial charge in [0.05, 0.1) is 0 Å². The fourth-order valence-corrected chi connectivity index (χ4v) is 0.876. The van der Waals surface area contributed by atoms with Gasteiger partial charge in [-0.2, -0.15) is 9.61 Å². The highest BCUT2D eigenvalue weighted by Gasteiger charge is 2.03. The number of aromatic amines is 1. The van der Waals surface area contributed by atoms with Gasteiger partial charge in [-0.1, -0.05) is 0 Å². The molecule has 0 aliphatic carbocycles. The van der Waals surface area contributed by atoms with Gasteiger partial charge in [0, 0.05) is 7.05 Å². The number of anilines is 1. The zero-order chi connectivity index (χ0) is 8.55. The van der Waals surface area contributed by atoms with E-state index in [9.17, 15) is 4.79 Å². The predicted molar refractivity (Wildman–Crippen MR) is 40.9 cm³/mol. The molecule has 0 fully saturated rings. The summed E-state index contributed by atoms with van der Waals surface area (Å²) in [5.41, 5.74) is -0.294. The first-order valence-electron chi connectivity index (χ1n) is 3.30. The zero-order valence-corrected chi connectivity index (χ0v) is 6.27. The van der Waals surface area contributed by atoms with E-state index in [1.165, 1.54) is 4.52 Å². The van der Waals surface area contributed by atoms with Gasteiger partial charge in [-0.3, -0.25) is 9.78 Å². The number of hydrogen-bond donors (Lipinski definition) is 2. The maximum absolute atomic E-state index is 10.8. The molecule has 0 bridgehead atoms. The third kappa shape index (κ3) is 0.831. The Morgan fingerprint density at radius 1 is 1.58 bits per heavy atom. The van der Waals surface area contributed by atoms with E-state index in [0.717, 1.165) is 6.20 Å². The van der Waals surface area contributed by atoms with Crippen LogP contribution in [0, 0.1) is 0 Å². The summed E-state index contributed by atoms with van der Waals surface area (Å²) in [7, 11) is 1.70. The van der Waals surface area contributed by atoms with E-state index < -0.39 is 0 Å². The minimum absolute atomic E-state index is 0.294. The highest BCUT2D eigenvalue weighted by Crippen LogP contribution is 1.98. The first-order chi connectivity index (χ1) is 5.81. The van der Waals surface area contributed by atoms with Crippen molar-refractivity contribution in [1.29, 1.82) is 0 Å². The third-order valence-corrected chi connectivity index (χ3v) is 1.39. The Hall–Kier alpha value is -1.92. The molecule has 2 N–H and O–H groups in total. The summed E-state index contributed by atoms with van der Waals surface area (Å²) in [4.78, 5) is 13.2. The maximum Gasteiger partial charge on any atom is 0.271 e. The molecule has 0 atom stereocenters. The van der Waals surface area contributed by atoms with Gasteiger partial charge < -0.3 is 5.32 Å². The highest BCUT2D eigenvalue weighted by molar-refractivity contribution is 5.35. The Bertz CT molecular complexity index is 456. The average Bonchev–Trinajstić information content (AvgIpc) is 2.46. The van der Waals surface area contributed by atoms with Crippen molar-refractivity contribution >= 4 is 11.7 Å². The van der Waals surface area contributed by atoms with Crippen LogP contribution in [0.1, 0.15) is 0 Å². The molecule has 0 unspecified atom stereocenters. The average molecular weight is 166 g/mol. The monoisotopic (exact) mass is 166 g/mol. The molecular weight excluding hydrogens is 160 g/mol.